The van der Waals surface area contributed by atoms with Crippen molar-refractivity contribution < 1.29 is 4.74 Å². The van der Waals surface area contributed by atoms with Crippen molar-refractivity contribution in [3.8, 4) is 0 Å². The molecule has 0 aliphatic carbocycles. The molecule has 0 radical (unpaired) electrons. The number of rotatable bonds is 5. The average Bonchev–Trinajstić information content (AvgIpc) is 3.11. The van der Waals surface area contributed by atoms with Crippen LogP contribution in [0.5, 0.6) is 0 Å². The van der Waals surface area contributed by atoms with Crippen LogP contribution >= 0.6 is 0 Å². The molecular weight excluding hydrogens is 264 g/mol. The maximum absolute atomic E-state index is 5.75. The highest BCUT2D eigenvalue weighted by Crippen LogP contribution is 2.25. The van der Waals surface area contributed by atoms with Gasteiger partial charge in [-0.2, -0.15) is 5.10 Å². The summed E-state index contributed by atoms with van der Waals surface area (Å²) in [6, 6.07) is 2.13. The number of hydrogen-bond donors (Lipinski definition) is 1. The monoisotopic (exact) mass is 288 g/mol. The molecule has 0 amide bonds. The minimum Gasteiger partial charge on any atom is -0.378 e. The number of hydrogen-bond acceptors (Lipinski definition) is 4. The van der Waals surface area contributed by atoms with Gasteiger partial charge in [-0.25, -0.2) is 9.50 Å². The third kappa shape index (κ3) is 2.88. The van der Waals surface area contributed by atoms with Crippen LogP contribution in [0.3, 0.4) is 0 Å². The van der Waals surface area contributed by atoms with Crippen LogP contribution in [0.4, 0.5) is 5.82 Å². The smallest absolute Gasteiger partial charge is 0.152 e. The maximum atomic E-state index is 5.75. The highest BCUT2D eigenvalue weighted by atomic mass is 16.5. The Bertz CT molecular complexity index is 607. The molecule has 1 N–H and O–H groups in total. The van der Waals surface area contributed by atoms with E-state index in [1.165, 1.54) is 0 Å². The second-order valence-corrected chi connectivity index (χ2v) is 6.08. The molecule has 0 aromatic carbocycles. The number of nitrogens with one attached hydrogen (secondary N) is 1. The molecule has 0 bridgehead atoms. The first-order valence-corrected chi connectivity index (χ1v) is 7.88. The molecule has 3 heterocycles. The fourth-order valence-corrected chi connectivity index (χ4v) is 2.96. The summed E-state index contributed by atoms with van der Waals surface area (Å²) in [6.07, 6.45) is 6.29. The van der Waals surface area contributed by atoms with E-state index in [9.17, 15) is 0 Å². The minimum absolute atomic E-state index is 0.383. The van der Waals surface area contributed by atoms with Crippen LogP contribution in [0.15, 0.2) is 18.5 Å². The van der Waals surface area contributed by atoms with E-state index >= 15 is 0 Å². The van der Waals surface area contributed by atoms with E-state index in [4.69, 9.17) is 4.74 Å². The fourth-order valence-electron chi connectivity index (χ4n) is 2.96. The van der Waals surface area contributed by atoms with Crippen molar-refractivity contribution in [1.29, 1.82) is 0 Å². The van der Waals surface area contributed by atoms with Crippen molar-refractivity contribution in [3.05, 3.63) is 24.2 Å². The molecule has 1 fully saturated rings. The number of ether oxygens (including phenoxy) is 1. The molecule has 114 valence electrons. The first kappa shape index (κ1) is 14.3. The van der Waals surface area contributed by atoms with E-state index < -0.39 is 0 Å². The summed E-state index contributed by atoms with van der Waals surface area (Å²) in [4.78, 5) is 4.48. The third-order valence-electron chi connectivity index (χ3n) is 4.28. The van der Waals surface area contributed by atoms with Gasteiger partial charge in [0.25, 0.3) is 0 Å². The van der Waals surface area contributed by atoms with Gasteiger partial charge >= 0.3 is 0 Å². The first-order chi connectivity index (χ1) is 10.2. The van der Waals surface area contributed by atoms with Gasteiger partial charge in [0.15, 0.2) is 5.82 Å². The van der Waals surface area contributed by atoms with Gasteiger partial charge in [-0.1, -0.05) is 20.8 Å². The Balaban J connectivity index is 1.77. The van der Waals surface area contributed by atoms with Crippen molar-refractivity contribution in [3.63, 3.8) is 0 Å². The normalized spacial score (nSPS) is 22.3. The molecule has 5 nitrogen and oxygen atoms in total. The minimum atomic E-state index is 0.383. The van der Waals surface area contributed by atoms with Gasteiger partial charge in [0.2, 0.25) is 0 Å². The lowest BCUT2D eigenvalue weighted by molar-refractivity contribution is 0.0900. The van der Waals surface area contributed by atoms with Crippen molar-refractivity contribution >= 4 is 11.3 Å². The summed E-state index contributed by atoms with van der Waals surface area (Å²) in [6.45, 7) is 8.29. The van der Waals surface area contributed by atoms with Gasteiger partial charge in [0, 0.05) is 31.5 Å². The zero-order chi connectivity index (χ0) is 14.8. The van der Waals surface area contributed by atoms with Crippen molar-refractivity contribution in [2.24, 2.45) is 5.92 Å². The quantitative estimate of drug-likeness (QED) is 0.918. The summed E-state index contributed by atoms with van der Waals surface area (Å²) in [5, 5.41) is 8.09. The van der Waals surface area contributed by atoms with Crippen LogP contribution in [0.25, 0.3) is 5.52 Å². The van der Waals surface area contributed by atoms with Gasteiger partial charge in [-0.3, -0.25) is 0 Å². The second-order valence-electron chi connectivity index (χ2n) is 6.08. The van der Waals surface area contributed by atoms with Gasteiger partial charge in [-0.05, 0) is 24.8 Å². The van der Waals surface area contributed by atoms with E-state index in [1.54, 1.807) is 6.20 Å². The molecule has 0 saturated carbocycles. The largest absolute Gasteiger partial charge is 0.378 e. The number of nitrogens with zero attached hydrogens (tertiary/aromatic N) is 3. The fraction of sp³-hybridized carbons (Fsp3) is 0.625. The first-order valence-electron chi connectivity index (χ1n) is 7.88. The van der Waals surface area contributed by atoms with Crippen LogP contribution in [0, 0.1) is 5.92 Å². The Hall–Kier alpha value is -1.62. The SMILES string of the molecule is CCC1OCCC1CNc1nccn2nc(C(C)C)cc12. The van der Waals surface area contributed by atoms with Crippen LogP contribution < -0.4 is 5.32 Å². The predicted molar refractivity (Wildman–Crippen MR) is 83.7 cm³/mol. The molecule has 21 heavy (non-hydrogen) atoms. The molecular formula is C16H24N4O. The molecule has 1 saturated heterocycles. The summed E-state index contributed by atoms with van der Waals surface area (Å²) in [5.74, 6) is 1.91. The van der Waals surface area contributed by atoms with E-state index in [-0.39, 0.29) is 0 Å². The molecule has 2 unspecified atom stereocenters. The Labute approximate surface area is 125 Å². The van der Waals surface area contributed by atoms with Crippen LogP contribution in [-0.4, -0.2) is 33.9 Å². The molecule has 2 aromatic heterocycles. The molecule has 2 atom stereocenters. The Morgan fingerprint density at radius 1 is 1.48 bits per heavy atom. The van der Waals surface area contributed by atoms with Crippen molar-refractivity contribution in [2.45, 2.75) is 45.6 Å². The Kier molecular flexibility index (Phi) is 4.10. The Morgan fingerprint density at radius 3 is 3.10 bits per heavy atom. The number of fused-ring (bicyclic) bond motifs is 1. The molecule has 1 aliphatic rings. The summed E-state index contributed by atoms with van der Waals surface area (Å²) in [5.41, 5.74) is 2.15. The summed E-state index contributed by atoms with van der Waals surface area (Å²) >= 11 is 0. The van der Waals surface area contributed by atoms with Gasteiger partial charge < -0.3 is 10.1 Å². The zero-order valence-electron chi connectivity index (χ0n) is 13.0. The van der Waals surface area contributed by atoms with E-state index in [0.717, 1.165) is 43.0 Å². The third-order valence-corrected chi connectivity index (χ3v) is 4.28. The van der Waals surface area contributed by atoms with Crippen LogP contribution in [-0.2, 0) is 4.74 Å². The lowest BCUT2D eigenvalue weighted by atomic mass is 10.00. The molecule has 2 aromatic rings. The second kappa shape index (κ2) is 6.02. The van der Waals surface area contributed by atoms with Gasteiger partial charge in [0.1, 0.15) is 5.52 Å². The van der Waals surface area contributed by atoms with E-state index in [2.05, 4.69) is 42.2 Å². The topological polar surface area (TPSA) is 51.5 Å². The number of aromatic nitrogens is 3. The number of anilines is 1. The predicted octanol–water partition coefficient (Wildman–Crippen LogP) is 3.08. The highest BCUT2D eigenvalue weighted by molar-refractivity contribution is 5.67. The Morgan fingerprint density at radius 2 is 2.33 bits per heavy atom. The molecule has 1 aliphatic heterocycles. The van der Waals surface area contributed by atoms with Crippen molar-refractivity contribution in [2.75, 3.05) is 18.5 Å². The molecule has 3 rings (SSSR count). The van der Waals surface area contributed by atoms with Crippen LogP contribution in [0.2, 0.25) is 0 Å². The standard InChI is InChI=1S/C16H24N4O/c1-4-15-12(5-8-21-15)10-18-16-14-9-13(11(2)3)19-20(14)7-6-17-16/h6-7,9,11-12,15H,4-5,8,10H2,1-3H3,(H,17,18). The molecule has 5 heteroatoms. The van der Waals surface area contributed by atoms with E-state index in [0.29, 0.717) is 17.9 Å². The van der Waals surface area contributed by atoms with Crippen LogP contribution in [0.1, 0.15) is 45.2 Å². The maximum Gasteiger partial charge on any atom is 0.152 e. The van der Waals surface area contributed by atoms with Crippen molar-refractivity contribution in [1.82, 2.24) is 14.6 Å². The molecule has 0 spiro atoms. The zero-order valence-corrected chi connectivity index (χ0v) is 13.0. The lowest BCUT2D eigenvalue weighted by Gasteiger charge is -2.17. The van der Waals surface area contributed by atoms with E-state index in [1.807, 2.05) is 10.7 Å². The van der Waals surface area contributed by atoms with Gasteiger partial charge in [0.05, 0.1) is 11.8 Å². The highest BCUT2D eigenvalue weighted by Gasteiger charge is 2.26. The summed E-state index contributed by atoms with van der Waals surface area (Å²) in [7, 11) is 0. The average molecular weight is 288 g/mol. The van der Waals surface area contributed by atoms with Gasteiger partial charge in [-0.15, -0.1) is 0 Å². The lowest BCUT2D eigenvalue weighted by Crippen LogP contribution is -2.23. The summed E-state index contributed by atoms with van der Waals surface area (Å²) < 4.78 is 7.66.